The van der Waals surface area contributed by atoms with E-state index in [-0.39, 0.29) is 5.92 Å². The molecular formula is C17H14N2O. The normalized spacial score (nSPS) is 22.5. The minimum Gasteiger partial charge on any atom is -0.297 e. The van der Waals surface area contributed by atoms with Gasteiger partial charge in [0.1, 0.15) is 11.5 Å². The van der Waals surface area contributed by atoms with Crippen LogP contribution < -0.4 is 0 Å². The zero-order chi connectivity index (χ0) is 13.7. The van der Waals surface area contributed by atoms with Crippen LogP contribution in [0.25, 0.3) is 11.1 Å². The van der Waals surface area contributed by atoms with Crippen LogP contribution in [0.2, 0.25) is 0 Å². The van der Waals surface area contributed by atoms with E-state index in [2.05, 4.69) is 30.3 Å². The van der Waals surface area contributed by atoms with Crippen LogP contribution in [0.3, 0.4) is 0 Å². The highest BCUT2D eigenvalue weighted by Crippen LogP contribution is 2.56. The highest BCUT2D eigenvalue weighted by Gasteiger charge is 2.56. The third-order valence-corrected chi connectivity index (χ3v) is 4.56. The Kier molecular flexibility index (Phi) is 2.29. The van der Waals surface area contributed by atoms with Gasteiger partial charge in [-0.1, -0.05) is 48.5 Å². The van der Waals surface area contributed by atoms with Crippen LogP contribution in [0.4, 0.5) is 0 Å². The van der Waals surface area contributed by atoms with Gasteiger partial charge in [-0.15, -0.1) is 0 Å². The second kappa shape index (κ2) is 3.92. The SMILES string of the molecule is CN1OCC(C#N)C12c1ccccc1-c1ccccc12. The molecule has 0 amide bonds. The lowest BCUT2D eigenvalue weighted by atomic mass is 9.77. The molecule has 1 aliphatic carbocycles. The minimum atomic E-state index is -0.470. The van der Waals surface area contributed by atoms with Gasteiger partial charge in [-0.25, -0.2) is 0 Å². The second-order valence-corrected chi connectivity index (χ2v) is 5.33. The maximum absolute atomic E-state index is 9.60. The van der Waals surface area contributed by atoms with Crippen molar-refractivity contribution in [2.24, 2.45) is 5.92 Å². The molecule has 1 aliphatic heterocycles. The highest BCUT2D eigenvalue weighted by atomic mass is 16.7. The molecule has 1 saturated heterocycles. The molecule has 0 saturated carbocycles. The van der Waals surface area contributed by atoms with Crippen LogP contribution in [0.15, 0.2) is 48.5 Å². The predicted octanol–water partition coefficient (Wildman–Crippen LogP) is 2.93. The molecule has 1 unspecified atom stereocenters. The average molecular weight is 262 g/mol. The fraction of sp³-hybridized carbons (Fsp3) is 0.235. The lowest BCUT2D eigenvalue weighted by Gasteiger charge is -2.34. The van der Waals surface area contributed by atoms with Crippen molar-refractivity contribution in [3.63, 3.8) is 0 Å². The van der Waals surface area contributed by atoms with Crippen LogP contribution in [-0.2, 0) is 10.4 Å². The van der Waals surface area contributed by atoms with E-state index in [4.69, 9.17) is 4.84 Å². The summed E-state index contributed by atoms with van der Waals surface area (Å²) in [6.45, 7) is 0.440. The van der Waals surface area contributed by atoms with E-state index in [1.54, 1.807) is 0 Å². The van der Waals surface area contributed by atoms with Gasteiger partial charge in [0.2, 0.25) is 0 Å². The molecule has 0 bridgehead atoms. The molecule has 4 rings (SSSR count). The fourth-order valence-electron chi connectivity index (χ4n) is 3.72. The summed E-state index contributed by atoms with van der Waals surface area (Å²) in [5.74, 6) is -0.197. The van der Waals surface area contributed by atoms with E-state index in [0.29, 0.717) is 6.61 Å². The molecule has 2 aromatic rings. The number of fused-ring (bicyclic) bond motifs is 5. The molecule has 1 atom stereocenters. The van der Waals surface area contributed by atoms with Gasteiger partial charge in [-0.2, -0.15) is 10.3 Å². The molecule has 2 aliphatic rings. The molecule has 1 heterocycles. The number of hydrogen-bond donors (Lipinski definition) is 0. The lowest BCUT2D eigenvalue weighted by Crippen LogP contribution is -2.41. The quantitative estimate of drug-likeness (QED) is 0.732. The van der Waals surface area contributed by atoms with Crippen LogP contribution in [0, 0.1) is 17.2 Å². The molecule has 98 valence electrons. The van der Waals surface area contributed by atoms with Crippen molar-refractivity contribution in [1.29, 1.82) is 5.26 Å². The van der Waals surface area contributed by atoms with Gasteiger partial charge >= 0.3 is 0 Å². The summed E-state index contributed by atoms with van der Waals surface area (Å²) >= 11 is 0. The Morgan fingerprint density at radius 1 is 1.10 bits per heavy atom. The highest BCUT2D eigenvalue weighted by molar-refractivity contribution is 5.81. The number of nitriles is 1. The predicted molar refractivity (Wildman–Crippen MR) is 75.5 cm³/mol. The molecule has 0 N–H and O–H groups in total. The van der Waals surface area contributed by atoms with Gasteiger partial charge in [-0.05, 0) is 22.3 Å². The summed E-state index contributed by atoms with van der Waals surface area (Å²) in [6, 6.07) is 19.1. The maximum Gasteiger partial charge on any atom is 0.115 e. The van der Waals surface area contributed by atoms with E-state index in [1.807, 2.05) is 36.4 Å². The largest absolute Gasteiger partial charge is 0.297 e. The first kappa shape index (κ1) is 11.7. The third kappa shape index (κ3) is 1.16. The van der Waals surface area contributed by atoms with Crippen molar-refractivity contribution in [3.8, 4) is 17.2 Å². The Morgan fingerprint density at radius 2 is 1.65 bits per heavy atom. The van der Waals surface area contributed by atoms with Crippen molar-refractivity contribution in [2.75, 3.05) is 13.7 Å². The molecule has 0 aromatic heterocycles. The van der Waals surface area contributed by atoms with Crippen molar-refractivity contribution in [1.82, 2.24) is 5.06 Å². The number of rotatable bonds is 0. The third-order valence-electron chi connectivity index (χ3n) is 4.56. The molecule has 1 spiro atoms. The van der Waals surface area contributed by atoms with Gasteiger partial charge in [-0.3, -0.25) is 4.84 Å². The van der Waals surface area contributed by atoms with E-state index in [0.717, 1.165) is 0 Å². The van der Waals surface area contributed by atoms with Crippen LogP contribution in [0.1, 0.15) is 11.1 Å². The van der Waals surface area contributed by atoms with Crippen molar-refractivity contribution in [3.05, 3.63) is 59.7 Å². The van der Waals surface area contributed by atoms with E-state index in [9.17, 15) is 5.26 Å². The maximum atomic E-state index is 9.60. The fourth-order valence-corrected chi connectivity index (χ4v) is 3.72. The van der Waals surface area contributed by atoms with Crippen molar-refractivity contribution >= 4 is 0 Å². The van der Waals surface area contributed by atoms with Crippen LogP contribution in [-0.4, -0.2) is 18.7 Å². The second-order valence-electron chi connectivity index (χ2n) is 5.33. The van der Waals surface area contributed by atoms with Gasteiger partial charge in [0.15, 0.2) is 0 Å². The number of hydroxylamine groups is 2. The van der Waals surface area contributed by atoms with E-state index < -0.39 is 5.54 Å². The Balaban J connectivity index is 2.12. The number of benzene rings is 2. The summed E-state index contributed by atoms with van der Waals surface area (Å²) < 4.78 is 0. The molecule has 2 aromatic carbocycles. The first-order valence-electron chi connectivity index (χ1n) is 6.76. The van der Waals surface area contributed by atoms with Gasteiger partial charge in [0, 0.05) is 7.05 Å². The molecular weight excluding hydrogens is 248 g/mol. The smallest absolute Gasteiger partial charge is 0.115 e. The summed E-state index contributed by atoms with van der Waals surface area (Å²) in [7, 11) is 1.93. The Hall–Kier alpha value is -2.15. The van der Waals surface area contributed by atoms with Gasteiger partial charge < -0.3 is 0 Å². The number of nitrogens with zero attached hydrogens (tertiary/aromatic N) is 2. The first-order valence-corrected chi connectivity index (χ1v) is 6.76. The monoisotopic (exact) mass is 262 g/mol. The van der Waals surface area contributed by atoms with Crippen molar-refractivity contribution < 1.29 is 4.84 Å². The zero-order valence-electron chi connectivity index (χ0n) is 11.2. The average Bonchev–Trinajstić information content (AvgIpc) is 2.99. The summed E-state index contributed by atoms with van der Waals surface area (Å²) in [6.07, 6.45) is 0. The summed E-state index contributed by atoms with van der Waals surface area (Å²) in [5, 5.41) is 11.5. The first-order chi connectivity index (χ1) is 9.80. The molecule has 0 radical (unpaired) electrons. The number of hydrogen-bond acceptors (Lipinski definition) is 3. The van der Waals surface area contributed by atoms with Crippen LogP contribution in [0.5, 0.6) is 0 Å². The summed E-state index contributed by atoms with van der Waals surface area (Å²) in [5.41, 5.74) is 4.30. The minimum absolute atomic E-state index is 0.197. The van der Waals surface area contributed by atoms with Crippen LogP contribution >= 0.6 is 0 Å². The Bertz CT molecular complexity index is 686. The van der Waals surface area contributed by atoms with Gasteiger partial charge in [0.25, 0.3) is 0 Å². The molecule has 1 fully saturated rings. The zero-order valence-corrected chi connectivity index (χ0v) is 11.2. The molecule has 3 nitrogen and oxygen atoms in total. The van der Waals surface area contributed by atoms with Crippen molar-refractivity contribution in [2.45, 2.75) is 5.54 Å². The Morgan fingerprint density at radius 3 is 2.20 bits per heavy atom. The standard InChI is InChI=1S/C17H14N2O/c1-19-17(12(10-18)11-20-19)15-8-4-2-6-13(15)14-7-3-5-9-16(14)17/h2-9,12H,11H2,1H3. The lowest BCUT2D eigenvalue weighted by molar-refractivity contribution is -0.133. The van der Waals surface area contributed by atoms with E-state index in [1.165, 1.54) is 22.3 Å². The van der Waals surface area contributed by atoms with E-state index >= 15 is 0 Å². The summed E-state index contributed by atoms with van der Waals surface area (Å²) in [4.78, 5) is 5.72. The molecule has 3 heteroatoms. The van der Waals surface area contributed by atoms with Gasteiger partial charge in [0.05, 0.1) is 12.7 Å². The topological polar surface area (TPSA) is 36.3 Å². The molecule has 20 heavy (non-hydrogen) atoms. The Labute approximate surface area is 118 Å².